The molecule has 2 aromatic rings. The number of benzene rings is 2. The number of carbonyl (C=O) groups is 2. The first-order chi connectivity index (χ1) is 12.9. The first kappa shape index (κ1) is 20.3. The van der Waals surface area contributed by atoms with E-state index in [0.717, 1.165) is 5.56 Å². The summed E-state index contributed by atoms with van der Waals surface area (Å²) in [6, 6.07) is 12.3. The van der Waals surface area contributed by atoms with Crippen molar-refractivity contribution in [1.82, 2.24) is 5.32 Å². The van der Waals surface area contributed by atoms with Crippen LogP contribution in [0.5, 0.6) is 11.5 Å². The molecule has 0 aliphatic rings. The van der Waals surface area contributed by atoms with Crippen LogP contribution in [0.3, 0.4) is 0 Å². The molecule has 27 heavy (non-hydrogen) atoms. The van der Waals surface area contributed by atoms with Gasteiger partial charge in [0, 0.05) is 18.2 Å². The van der Waals surface area contributed by atoms with Crippen LogP contribution >= 0.6 is 0 Å². The van der Waals surface area contributed by atoms with Crippen molar-refractivity contribution in [3.8, 4) is 11.5 Å². The molecular formula is C21H26N2O4. The van der Waals surface area contributed by atoms with Gasteiger partial charge in [0.25, 0.3) is 5.91 Å². The zero-order valence-corrected chi connectivity index (χ0v) is 16.2. The summed E-state index contributed by atoms with van der Waals surface area (Å²) in [6.45, 7) is 8.13. The van der Waals surface area contributed by atoms with Crippen molar-refractivity contribution < 1.29 is 19.1 Å². The Hall–Kier alpha value is -3.02. The van der Waals surface area contributed by atoms with E-state index in [-0.39, 0.29) is 17.9 Å². The second-order valence-corrected chi connectivity index (χ2v) is 6.03. The summed E-state index contributed by atoms with van der Waals surface area (Å²) in [7, 11) is 0. The van der Waals surface area contributed by atoms with Gasteiger partial charge in [0.05, 0.1) is 19.3 Å². The van der Waals surface area contributed by atoms with Crippen LogP contribution < -0.4 is 20.1 Å². The van der Waals surface area contributed by atoms with E-state index in [1.54, 1.807) is 24.3 Å². The van der Waals surface area contributed by atoms with Crippen LogP contribution in [-0.4, -0.2) is 25.0 Å². The van der Waals surface area contributed by atoms with Gasteiger partial charge in [-0.05, 0) is 56.7 Å². The van der Waals surface area contributed by atoms with Crippen LogP contribution in [0, 0.1) is 0 Å². The van der Waals surface area contributed by atoms with E-state index in [4.69, 9.17) is 9.47 Å². The summed E-state index contributed by atoms with van der Waals surface area (Å²) in [4.78, 5) is 23.9. The molecule has 0 aliphatic carbocycles. The molecule has 1 unspecified atom stereocenters. The molecule has 2 rings (SSSR count). The van der Waals surface area contributed by atoms with Gasteiger partial charge in [-0.25, -0.2) is 0 Å². The van der Waals surface area contributed by atoms with Gasteiger partial charge < -0.3 is 20.1 Å². The van der Waals surface area contributed by atoms with Crippen molar-refractivity contribution in [2.45, 2.75) is 33.7 Å². The molecule has 0 radical (unpaired) electrons. The average Bonchev–Trinajstić information content (AvgIpc) is 2.63. The number of nitrogens with one attached hydrogen (secondary N) is 2. The molecule has 2 aromatic carbocycles. The number of ether oxygens (including phenoxy) is 2. The van der Waals surface area contributed by atoms with Crippen LogP contribution in [0.25, 0.3) is 0 Å². The molecule has 0 saturated heterocycles. The maximum Gasteiger partial charge on any atom is 0.251 e. The Kier molecular flexibility index (Phi) is 7.23. The molecule has 144 valence electrons. The zero-order valence-electron chi connectivity index (χ0n) is 16.2. The summed E-state index contributed by atoms with van der Waals surface area (Å²) in [5.41, 5.74) is 2.08. The van der Waals surface area contributed by atoms with Gasteiger partial charge in [0.1, 0.15) is 0 Å². The predicted octanol–water partition coefficient (Wildman–Crippen LogP) is 3.93. The van der Waals surface area contributed by atoms with E-state index in [1.807, 2.05) is 39.0 Å². The largest absolute Gasteiger partial charge is 0.490 e. The second-order valence-electron chi connectivity index (χ2n) is 6.03. The third-order valence-corrected chi connectivity index (χ3v) is 3.86. The van der Waals surface area contributed by atoms with Crippen LogP contribution in [0.15, 0.2) is 42.5 Å². The van der Waals surface area contributed by atoms with Crippen LogP contribution in [0.1, 0.15) is 49.7 Å². The van der Waals surface area contributed by atoms with Gasteiger partial charge >= 0.3 is 0 Å². The van der Waals surface area contributed by atoms with Crippen molar-refractivity contribution in [2.75, 3.05) is 18.5 Å². The number of hydrogen-bond donors (Lipinski definition) is 2. The number of carbonyl (C=O) groups excluding carboxylic acids is 2. The lowest BCUT2D eigenvalue weighted by Gasteiger charge is -2.17. The lowest BCUT2D eigenvalue weighted by Crippen LogP contribution is -2.26. The standard InChI is InChI=1S/C21H26N2O4/c1-5-26-19-11-10-17(13-20(19)27-6-2)21(25)22-14(3)16-8-7-9-18(12-16)23-15(4)24/h7-14H,5-6H2,1-4H3,(H,22,25)(H,23,24). The monoisotopic (exact) mass is 370 g/mol. The molecule has 0 spiro atoms. The van der Waals surface area contributed by atoms with Crippen molar-refractivity contribution in [1.29, 1.82) is 0 Å². The summed E-state index contributed by atoms with van der Waals surface area (Å²) in [5.74, 6) is 0.817. The van der Waals surface area contributed by atoms with Crippen LogP contribution in [-0.2, 0) is 4.79 Å². The fourth-order valence-electron chi connectivity index (χ4n) is 2.64. The maximum absolute atomic E-state index is 12.6. The summed E-state index contributed by atoms with van der Waals surface area (Å²) in [5, 5.41) is 5.71. The molecule has 2 amide bonds. The van der Waals surface area contributed by atoms with Gasteiger partial charge in [-0.3, -0.25) is 9.59 Å². The second kappa shape index (κ2) is 9.62. The van der Waals surface area contributed by atoms with Crippen LogP contribution in [0.2, 0.25) is 0 Å². The molecule has 0 saturated carbocycles. The van der Waals surface area contributed by atoms with Gasteiger partial charge in [0.2, 0.25) is 5.91 Å². The van der Waals surface area contributed by atoms with E-state index in [9.17, 15) is 9.59 Å². The fourth-order valence-corrected chi connectivity index (χ4v) is 2.64. The minimum atomic E-state index is -0.228. The van der Waals surface area contributed by atoms with Crippen molar-refractivity contribution in [3.63, 3.8) is 0 Å². The number of anilines is 1. The van der Waals surface area contributed by atoms with E-state index >= 15 is 0 Å². The summed E-state index contributed by atoms with van der Waals surface area (Å²) in [6.07, 6.45) is 0. The summed E-state index contributed by atoms with van der Waals surface area (Å²) >= 11 is 0. The predicted molar refractivity (Wildman–Crippen MR) is 105 cm³/mol. The number of amides is 2. The van der Waals surface area contributed by atoms with Crippen molar-refractivity contribution in [3.05, 3.63) is 53.6 Å². The Morgan fingerprint density at radius 3 is 2.37 bits per heavy atom. The third kappa shape index (κ3) is 5.74. The first-order valence-electron chi connectivity index (χ1n) is 9.02. The Bertz CT molecular complexity index is 805. The Labute approximate surface area is 159 Å². The molecule has 0 aromatic heterocycles. The topological polar surface area (TPSA) is 76.7 Å². The molecule has 6 heteroatoms. The van der Waals surface area contributed by atoms with Gasteiger partial charge in [0.15, 0.2) is 11.5 Å². The molecule has 0 bridgehead atoms. The Morgan fingerprint density at radius 2 is 1.70 bits per heavy atom. The highest BCUT2D eigenvalue weighted by Crippen LogP contribution is 2.29. The third-order valence-electron chi connectivity index (χ3n) is 3.86. The lowest BCUT2D eigenvalue weighted by atomic mass is 10.1. The molecule has 1 atom stereocenters. The molecule has 6 nitrogen and oxygen atoms in total. The highest BCUT2D eigenvalue weighted by atomic mass is 16.5. The minimum Gasteiger partial charge on any atom is -0.490 e. The van der Waals surface area contributed by atoms with Crippen molar-refractivity contribution in [2.24, 2.45) is 0 Å². The summed E-state index contributed by atoms with van der Waals surface area (Å²) < 4.78 is 11.1. The van der Waals surface area contributed by atoms with Gasteiger partial charge in [-0.2, -0.15) is 0 Å². The van der Waals surface area contributed by atoms with Gasteiger partial charge in [-0.15, -0.1) is 0 Å². The number of hydrogen-bond acceptors (Lipinski definition) is 4. The smallest absolute Gasteiger partial charge is 0.251 e. The SMILES string of the molecule is CCOc1ccc(C(=O)NC(C)c2cccc(NC(C)=O)c2)cc1OCC. The maximum atomic E-state index is 12.6. The molecular weight excluding hydrogens is 344 g/mol. The molecule has 0 fully saturated rings. The van der Waals surface area contributed by atoms with Crippen LogP contribution in [0.4, 0.5) is 5.69 Å². The zero-order chi connectivity index (χ0) is 19.8. The number of rotatable bonds is 8. The Morgan fingerprint density at radius 1 is 1.00 bits per heavy atom. The van der Waals surface area contributed by atoms with E-state index in [2.05, 4.69) is 10.6 Å². The van der Waals surface area contributed by atoms with E-state index in [0.29, 0.717) is 36.0 Å². The van der Waals surface area contributed by atoms with Crippen molar-refractivity contribution >= 4 is 17.5 Å². The highest BCUT2D eigenvalue weighted by Gasteiger charge is 2.15. The quantitative estimate of drug-likeness (QED) is 0.738. The molecule has 0 heterocycles. The fraction of sp³-hybridized carbons (Fsp3) is 0.333. The first-order valence-corrected chi connectivity index (χ1v) is 9.02. The minimum absolute atomic E-state index is 0.137. The van der Waals surface area contributed by atoms with Gasteiger partial charge in [-0.1, -0.05) is 12.1 Å². The normalized spacial score (nSPS) is 11.4. The molecule has 2 N–H and O–H groups in total. The Balaban J connectivity index is 2.14. The highest BCUT2D eigenvalue weighted by molar-refractivity contribution is 5.95. The average molecular weight is 370 g/mol. The lowest BCUT2D eigenvalue weighted by molar-refractivity contribution is -0.114. The van der Waals surface area contributed by atoms with E-state index in [1.165, 1.54) is 6.92 Å². The van der Waals surface area contributed by atoms with E-state index < -0.39 is 0 Å². The molecule has 0 aliphatic heterocycles.